The summed E-state index contributed by atoms with van der Waals surface area (Å²) in [5.41, 5.74) is 2.04. The Morgan fingerprint density at radius 3 is 1.71 bits per heavy atom. The highest BCUT2D eigenvalue weighted by molar-refractivity contribution is 5.80. The Bertz CT molecular complexity index is 463. The van der Waals surface area contributed by atoms with Crippen molar-refractivity contribution in [1.82, 2.24) is 0 Å². The van der Waals surface area contributed by atoms with Crippen molar-refractivity contribution in [1.29, 1.82) is 0 Å². The number of hydrogen-bond acceptors (Lipinski definition) is 2. The summed E-state index contributed by atoms with van der Waals surface area (Å²) in [6.07, 6.45) is 0.245. The average Bonchev–Trinajstić information content (AvgIpc) is 2.61. The van der Waals surface area contributed by atoms with E-state index in [1.165, 1.54) is 0 Å². The van der Waals surface area contributed by atoms with Gasteiger partial charge < -0.3 is 10.2 Å². The zero-order chi connectivity index (χ0) is 12.2. The Morgan fingerprint density at radius 1 is 0.941 bits per heavy atom. The summed E-state index contributed by atoms with van der Waals surface area (Å²) < 4.78 is 0. The van der Waals surface area contributed by atoms with Crippen molar-refractivity contribution in [2.24, 2.45) is 11.8 Å². The molecule has 0 amide bonds. The molecule has 0 saturated heterocycles. The molecule has 2 aliphatic rings. The summed E-state index contributed by atoms with van der Waals surface area (Å²) in [4.78, 5) is 22.4. The number of rotatable bonds is 2. The molecule has 1 unspecified atom stereocenters. The fraction of sp³-hybridized carbons (Fsp3) is 0.385. The third-order valence-electron chi connectivity index (χ3n) is 4.11. The van der Waals surface area contributed by atoms with Gasteiger partial charge in [-0.25, -0.2) is 0 Å². The molecule has 4 nitrogen and oxygen atoms in total. The van der Waals surface area contributed by atoms with Gasteiger partial charge >= 0.3 is 11.9 Å². The smallest absolute Gasteiger partial charge is 0.307 e. The minimum atomic E-state index is -0.877. The molecule has 0 aromatic heterocycles. The highest BCUT2D eigenvalue weighted by atomic mass is 16.4. The molecule has 0 bridgehead atoms. The highest BCUT2D eigenvalue weighted by Gasteiger charge is 2.56. The van der Waals surface area contributed by atoms with Crippen molar-refractivity contribution in [2.75, 3.05) is 0 Å². The van der Waals surface area contributed by atoms with E-state index in [9.17, 15) is 9.59 Å². The van der Waals surface area contributed by atoms with E-state index >= 15 is 0 Å². The molecule has 4 atom stereocenters. The van der Waals surface area contributed by atoms with Crippen LogP contribution in [0.4, 0.5) is 0 Å². The Kier molecular flexibility index (Phi) is 2.02. The van der Waals surface area contributed by atoms with Crippen LogP contribution in [0.3, 0.4) is 0 Å². The van der Waals surface area contributed by atoms with Gasteiger partial charge in [0.05, 0.1) is 11.8 Å². The van der Waals surface area contributed by atoms with Crippen molar-refractivity contribution in [3.63, 3.8) is 0 Å². The van der Waals surface area contributed by atoms with E-state index in [4.69, 9.17) is 10.2 Å². The number of carboxylic acids is 2. The third-order valence-corrected chi connectivity index (χ3v) is 4.11. The molecule has 4 heteroatoms. The first kappa shape index (κ1) is 10.3. The zero-order valence-corrected chi connectivity index (χ0v) is 9.04. The molecule has 88 valence electrons. The van der Waals surface area contributed by atoms with Crippen LogP contribution in [0.15, 0.2) is 24.3 Å². The molecular formula is C13H12O4. The first-order valence-corrected chi connectivity index (χ1v) is 5.65. The molecule has 0 heterocycles. The predicted octanol–water partition coefficient (Wildman–Crippen LogP) is 1.67. The van der Waals surface area contributed by atoms with Crippen LogP contribution >= 0.6 is 0 Å². The third kappa shape index (κ3) is 1.24. The van der Waals surface area contributed by atoms with Gasteiger partial charge in [-0.05, 0) is 17.5 Å². The summed E-state index contributed by atoms with van der Waals surface area (Å²) >= 11 is 0. The average molecular weight is 232 g/mol. The van der Waals surface area contributed by atoms with Gasteiger partial charge in [-0.3, -0.25) is 9.59 Å². The number of hydrogen-bond donors (Lipinski definition) is 2. The summed E-state index contributed by atoms with van der Waals surface area (Å²) in [7, 11) is 0. The van der Waals surface area contributed by atoms with E-state index < -0.39 is 23.8 Å². The highest BCUT2D eigenvalue weighted by Crippen LogP contribution is 2.61. The number of benzene rings is 1. The van der Waals surface area contributed by atoms with Crippen LogP contribution in [0.5, 0.6) is 0 Å². The molecule has 1 saturated carbocycles. The lowest BCUT2D eigenvalue weighted by molar-refractivity contribution is -0.143. The van der Waals surface area contributed by atoms with Gasteiger partial charge in [-0.2, -0.15) is 0 Å². The number of aliphatic carboxylic acids is 2. The van der Waals surface area contributed by atoms with Crippen molar-refractivity contribution in [3.8, 4) is 0 Å². The second-order valence-electron chi connectivity index (χ2n) is 4.81. The van der Waals surface area contributed by atoms with Crippen LogP contribution < -0.4 is 0 Å². The van der Waals surface area contributed by atoms with Gasteiger partial charge in [0.25, 0.3) is 0 Å². The van der Waals surface area contributed by atoms with Crippen LogP contribution in [0.1, 0.15) is 29.4 Å². The SMILES string of the molecule is O=C(O)[C@H]1C[C@@H](C(=O)O)[C@H]2c3ccccc3C12. The van der Waals surface area contributed by atoms with E-state index in [1.807, 2.05) is 24.3 Å². The summed E-state index contributed by atoms with van der Waals surface area (Å²) in [6, 6.07) is 7.58. The molecule has 1 fully saturated rings. The maximum Gasteiger partial charge on any atom is 0.307 e. The second-order valence-corrected chi connectivity index (χ2v) is 4.81. The van der Waals surface area contributed by atoms with Crippen molar-refractivity contribution in [2.45, 2.75) is 18.3 Å². The summed E-state index contributed by atoms with van der Waals surface area (Å²) in [5.74, 6) is -3.06. The van der Waals surface area contributed by atoms with Gasteiger partial charge in [0.15, 0.2) is 0 Å². The van der Waals surface area contributed by atoms with Crippen LogP contribution in [-0.2, 0) is 9.59 Å². The van der Waals surface area contributed by atoms with Gasteiger partial charge in [0.2, 0.25) is 0 Å². The topological polar surface area (TPSA) is 74.6 Å². The van der Waals surface area contributed by atoms with Crippen molar-refractivity contribution < 1.29 is 19.8 Å². The Labute approximate surface area is 97.9 Å². The molecule has 3 rings (SSSR count). The largest absolute Gasteiger partial charge is 0.481 e. The van der Waals surface area contributed by atoms with E-state index in [0.29, 0.717) is 0 Å². The predicted molar refractivity (Wildman–Crippen MR) is 58.8 cm³/mol. The second kappa shape index (κ2) is 3.32. The van der Waals surface area contributed by atoms with Crippen LogP contribution in [0, 0.1) is 11.8 Å². The van der Waals surface area contributed by atoms with Crippen LogP contribution in [0.2, 0.25) is 0 Å². The van der Waals surface area contributed by atoms with Crippen LogP contribution in [-0.4, -0.2) is 22.2 Å². The Hall–Kier alpha value is -1.84. The molecule has 2 N–H and O–H groups in total. The number of fused-ring (bicyclic) bond motifs is 4. The minimum Gasteiger partial charge on any atom is -0.481 e. The molecule has 1 aromatic carbocycles. The lowest BCUT2D eigenvalue weighted by atomic mass is 9.65. The first-order valence-electron chi connectivity index (χ1n) is 5.65. The molecule has 1 aromatic rings. The lowest BCUT2D eigenvalue weighted by Crippen LogP contribution is -2.30. The molecule has 17 heavy (non-hydrogen) atoms. The monoisotopic (exact) mass is 232 g/mol. The quantitative estimate of drug-likeness (QED) is 0.813. The van der Waals surface area contributed by atoms with Crippen LogP contribution in [0.25, 0.3) is 0 Å². The molecule has 0 aliphatic heterocycles. The maximum atomic E-state index is 11.2. The molecule has 0 radical (unpaired) electrons. The lowest BCUT2D eigenvalue weighted by Gasteiger charge is -2.37. The normalized spacial score (nSPS) is 33.4. The Balaban J connectivity index is 2.05. The number of carboxylic acid groups (broad SMARTS) is 2. The standard InChI is InChI=1S/C13H12O4/c14-12(15)8-5-9(13(16)17)11-7-4-2-1-3-6(7)10(8)11/h1-4,8-11H,5H2,(H,14,15)(H,16,17)/t8-,9+,10-,11?/m1/s1. The summed E-state index contributed by atoms with van der Waals surface area (Å²) in [5, 5.41) is 18.3. The van der Waals surface area contributed by atoms with E-state index in [2.05, 4.69) is 0 Å². The fourth-order valence-electron chi connectivity index (χ4n) is 3.42. The van der Waals surface area contributed by atoms with Gasteiger partial charge in [-0.15, -0.1) is 0 Å². The minimum absolute atomic E-state index is 0.107. The van der Waals surface area contributed by atoms with Gasteiger partial charge in [0, 0.05) is 11.8 Å². The van der Waals surface area contributed by atoms with Crippen molar-refractivity contribution >= 4 is 11.9 Å². The summed E-state index contributed by atoms with van der Waals surface area (Å²) in [6.45, 7) is 0. The van der Waals surface area contributed by atoms with Gasteiger partial charge in [0.1, 0.15) is 0 Å². The van der Waals surface area contributed by atoms with Crippen molar-refractivity contribution in [3.05, 3.63) is 35.4 Å². The Morgan fingerprint density at radius 2 is 1.35 bits per heavy atom. The molecular weight excluding hydrogens is 220 g/mol. The fourth-order valence-corrected chi connectivity index (χ4v) is 3.42. The zero-order valence-electron chi connectivity index (χ0n) is 9.04. The van der Waals surface area contributed by atoms with Gasteiger partial charge in [-0.1, -0.05) is 24.3 Å². The van der Waals surface area contributed by atoms with E-state index in [-0.39, 0.29) is 18.3 Å². The van der Waals surface area contributed by atoms with E-state index in [1.54, 1.807) is 0 Å². The number of carbonyl (C=O) groups is 2. The van der Waals surface area contributed by atoms with E-state index in [0.717, 1.165) is 11.1 Å². The molecule has 0 spiro atoms. The molecule has 2 aliphatic carbocycles. The first-order chi connectivity index (χ1) is 8.11. The maximum absolute atomic E-state index is 11.2.